The predicted molar refractivity (Wildman–Crippen MR) is 102 cm³/mol. The normalized spacial score (nSPS) is 26.7. The Hall–Kier alpha value is -0.810. The lowest BCUT2D eigenvalue weighted by atomic mass is 10.2. The maximum atomic E-state index is 4.43. The van der Waals surface area contributed by atoms with Crippen molar-refractivity contribution in [2.45, 2.75) is 83.0 Å². The lowest BCUT2D eigenvalue weighted by Gasteiger charge is -2.27. The Morgan fingerprint density at radius 2 is 1.92 bits per heavy atom. The molecule has 2 N–H and O–H groups in total. The van der Waals surface area contributed by atoms with E-state index in [1.165, 1.54) is 58.0 Å². The maximum absolute atomic E-state index is 4.43. The van der Waals surface area contributed by atoms with Crippen molar-refractivity contribution in [2.75, 3.05) is 33.2 Å². The van der Waals surface area contributed by atoms with Crippen LogP contribution >= 0.6 is 0 Å². The average Bonchev–Trinajstić information content (AvgIpc) is 3.07. The van der Waals surface area contributed by atoms with Gasteiger partial charge in [-0.2, -0.15) is 0 Å². The van der Waals surface area contributed by atoms with Gasteiger partial charge in [0.05, 0.1) is 0 Å². The van der Waals surface area contributed by atoms with Gasteiger partial charge in [-0.3, -0.25) is 14.8 Å². The van der Waals surface area contributed by atoms with Crippen molar-refractivity contribution in [1.82, 2.24) is 20.4 Å². The molecular weight excluding hydrogens is 298 g/mol. The van der Waals surface area contributed by atoms with Crippen molar-refractivity contribution in [3.05, 3.63) is 0 Å². The third kappa shape index (κ3) is 4.85. The molecule has 0 amide bonds. The molecule has 1 saturated heterocycles. The van der Waals surface area contributed by atoms with Crippen LogP contribution in [0.3, 0.4) is 0 Å². The molecule has 1 unspecified atom stereocenters. The molecule has 3 fully saturated rings. The molecule has 3 aliphatic rings. The summed E-state index contributed by atoms with van der Waals surface area (Å²) in [6, 6.07) is 2.88. The van der Waals surface area contributed by atoms with Gasteiger partial charge in [-0.05, 0) is 46.0 Å². The van der Waals surface area contributed by atoms with E-state index in [0.29, 0.717) is 12.1 Å². The summed E-state index contributed by atoms with van der Waals surface area (Å²) in [6.07, 6.45) is 9.68. The summed E-state index contributed by atoms with van der Waals surface area (Å²) >= 11 is 0. The Kier molecular flexibility index (Phi) is 6.39. The molecular formula is C19H37N5. The first-order chi connectivity index (χ1) is 11.7. The number of rotatable bonds is 7. The van der Waals surface area contributed by atoms with Gasteiger partial charge in [-0.1, -0.05) is 12.8 Å². The predicted octanol–water partition coefficient (Wildman–Crippen LogP) is 2.04. The van der Waals surface area contributed by atoms with Gasteiger partial charge in [0.25, 0.3) is 0 Å². The van der Waals surface area contributed by atoms with Crippen molar-refractivity contribution in [3.8, 4) is 0 Å². The third-order valence-electron chi connectivity index (χ3n) is 5.97. The zero-order chi connectivity index (χ0) is 16.9. The summed E-state index contributed by atoms with van der Waals surface area (Å²) in [7, 11) is 1.89. The fourth-order valence-corrected chi connectivity index (χ4v) is 4.47. The summed E-state index contributed by atoms with van der Waals surface area (Å²) in [6.45, 7) is 9.14. The van der Waals surface area contributed by atoms with E-state index in [0.717, 1.165) is 31.1 Å². The minimum Gasteiger partial charge on any atom is -0.355 e. The van der Waals surface area contributed by atoms with Crippen molar-refractivity contribution >= 4 is 5.96 Å². The van der Waals surface area contributed by atoms with E-state index >= 15 is 0 Å². The Morgan fingerprint density at radius 1 is 1.17 bits per heavy atom. The smallest absolute Gasteiger partial charge is 0.191 e. The highest BCUT2D eigenvalue weighted by atomic mass is 15.3. The fourth-order valence-electron chi connectivity index (χ4n) is 4.47. The Bertz CT molecular complexity index is 410. The fraction of sp³-hybridized carbons (Fsp3) is 0.947. The van der Waals surface area contributed by atoms with Gasteiger partial charge in [0.1, 0.15) is 0 Å². The maximum Gasteiger partial charge on any atom is 0.191 e. The molecule has 1 heterocycles. The highest BCUT2D eigenvalue weighted by Gasteiger charge is 2.31. The quantitative estimate of drug-likeness (QED) is 0.552. The van der Waals surface area contributed by atoms with Crippen molar-refractivity contribution < 1.29 is 0 Å². The molecule has 5 nitrogen and oxygen atoms in total. The van der Waals surface area contributed by atoms with Crippen molar-refractivity contribution in [1.29, 1.82) is 0 Å². The van der Waals surface area contributed by atoms with Crippen molar-refractivity contribution in [3.63, 3.8) is 0 Å². The van der Waals surface area contributed by atoms with Crippen LogP contribution in [0.1, 0.15) is 58.8 Å². The Morgan fingerprint density at radius 3 is 2.54 bits per heavy atom. The highest BCUT2D eigenvalue weighted by Crippen LogP contribution is 2.28. The van der Waals surface area contributed by atoms with Crippen molar-refractivity contribution in [2.24, 2.45) is 4.99 Å². The van der Waals surface area contributed by atoms with Crippen LogP contribution in [0.25, 0.3) is 0 Å². The van der Waals surface area contributed by atoms with Gasteiger partial charge in [0, 0.05) is 57.4 Å². The minimum atomic E-state index is 0.557. The first-order valence-corrected chi connectivity index (χ1v) is 10.1. The molecule has 3 rings (SSSR count). The molecule has 1 atom stereocenters. The number of guanidine groups is 1. The summed E-state index contributed by atoms with van der Waals surface area (Å²) in [4.78, 5) is 9.76. The first kappa shape index (κ1) is 18.0. The summed E-state index contributed by atoms with van der Waals surface area (Å²) in [5.41, 5.74) is 0. The third-order valence-corrected chi connectivity index (χ3v) is 5.97. The summed E-state index contributed by atoms with van der Waals surface area (Å²) < 4.78 is 0. The molecule has 2 saturated carbocycles. The van der Waals surface area contributed by atoms with Gasteiger partial charge in [-0.25, -0.2) is 0 Å². The number of likely N-dealkylation sites (tertiary alicyclic amines) is 1. The van der Waals surface area contributed by atoms with Crippen LogP contribution < -0.4 is 10.6 Å². The lowest BCUT2D eigenvalue weighted by Crippen LogP contribution is -2.47. The largest absolute Gasteiger partial charge is 0.355 e. The first-order valence-electron chi connectivity index (χ1n) is 10.1. The van der Waals surface area contributed by atoms with Gasteiger partial charge in [-0.15, -0.1) is 0 Å². The van der Waals surface area contributed by atoms with Gasteiger partial charge in [0.15, 0.2) is 5.96 Å². The zero-order valence-electron chi connectivity index (χ0n) is 15.9. The molecule has 24 heavy (non-hydrogen) atoms. The second kappa shape index (κ2) is 8.52. The van der Waals surface area contributed by atoms with Crippen LogP contribution in [-0.2, 0) is 0 Å². The molecule has 0 aromatic rings. The number of aliphatic imine (C=N–C) groups is 1. The SMILES string of the molecule is CN=C(NCCN(C(C)C)C1CC1)NC1CCN(C2CCCC2)C1. The number of nitrogens with one attached hydrogen (secondary N) is 2. The Labute approximate surface area is 148 Å². The molecule has 138 valence electrons. The summed E-state index contributed by atoms with van der Waals surface area (Å²) in [5, 5.41) is 7.17. The van der Waals surface area contributed by atoms with Crippen LogP contribution in [-0.4, -0.2) is 73.2 Å². The van der Waals surface area contributed by atoms with Crippen LogP contribution in [0, 0.1) is 0 Å². The van der Waals surface area contributed by atoms with Gasteiger partial charge >= 0.3 is 0 Å². The molecule has 1 aliphatic heterocycles. The second-order valence-corrected chi connectivity index (χ2v) is 8.12. The average molecular weight is 336 g/mol. The standard InChI is InChI=1S/C19H37N5/c1-15(2)24(18-8-9-18)13-11-21-19(20-3)22-16-10-12-23(14-16)17-6-4-5-7-17/h15-18H,4-14H2,1-3H3,(H2,20,21,22). The highest BCUT2D eigenvalue weighted by molar-refractivity contribution is 5.80. The van der Waals surface area contributed by atoms with Crippen LogP contribution in [0.15, 0.2) is 4.99 Å². The van der Waals surface area contributed by atoms with E-state index in [9.17, 15) is 0 Å². The molecule has 5 heteroatoms. The van der Waals surface area contributed by atoms with Crippen LogP contribution in [0.5, 0.6) is 0 Å². The van der Waals surface area contributed by atoms with Gasteiger partial charge < -0.3 is 10.6 Å². The molecule has 2 aliphatic carbocycles. The van der Waals surface area contributed by atoms with Crippen LogP contribution in [0.2, 0.25) is 0 Å². The van der Waals surface area contributed by atoms with E-state index in [4.69, 9.17) is 0 Å². The number of nitrogens with zero attached hydrogens (tertiary/aromatic N) is 3. The topological polar surface area (TPSA) is 42.9 Å². The van der Waals surface area contributed by atoms with E-state index in [1.54, 1.807) is 0 Å². The van der Waals surface area contributed by atoms with E-state index in [-0.39, 0.29) is 0 Å². The molecule has 0 spiro atoms. The zero-order valence-corrected chi connectivity index (χ0v) is 15.9. The molecule has 0 bridgehead atoms. The van der Waals surface area contributed by atoms with E-state index in [1.807, 2.05) is 7.05 Å². The van der Waals surface area contributed by atoms with E-state index in [2.05, 4.69) is 39.3 Å². The van der Waals surface area contributed by atoms with Gasteiger partial charge in [0.2, 0.25) is 0 Å². The molecule has 0 aromatic carbocycles. The molecule has 0 radical (unpaired) electrons. The number of hydrogen-bond acceptors (Lipinski definition) is 3. The lowest BCUT2D eigenvalue weighted by molar-refractivity contribution is 0.215. The Balaban J connectivity index is 1.37. The second-order valence-electron chi connectivity index (χ2n) is 8.12. The monoisotopic (exact) mass is 335 g/mol. The van der Waals surface area contributed by atoms with E-state index < -0.39 is 0 Å². The number of hydrogen-bond donors (Lipinski definition) is 2. The summed E-state index contributed by atoms with van der Waals surface area (Å²) in [5.74, 6) is 0.979. The minimum absolute atomic E-state index is 0.557. The molecule has 0 aromatic heterocycles. The van der Waals surface area contributed by atoms with Crippen LogP contribution in [0.4, 0.5) is 0 Å².